The third-order valence-corrected chi connectivity index (χ3v) is 3.75. The number of ether oxygens (including phenoxy) is 1. The maximum absolute atomic E-state index is 9.36. The molecule has 0 aliphatic heterocycles. The van der Waals surface area contributed by atoms with E-state index in [1.807, 2.05) is 42.5 Å². The van der Waals surface area contributed by atoms with E-state index in [0.29, 0.717) is 5.02 Å². The van der Waals surface area contributed by atoms with Gasteiger partial charge in [-0.2, -0.15) is 0 Å². The van der Waals surface area contributed by atoms with Gasteiger partial charge in [0.1, 0.15) is 11.5 Å². The van der Waals surface area contributed by atoms with Crippen molar-refractivity contribution in [1.82, 2.24) is 0 Å². The summed E-state index contributed by atoms with van der Waals surface area (Å²) in [7, 11) is 1.65. The van der Waals surface area contributed by atoms with Crippen molar-refractivity contribution in [2.45, 2.75) is 0 Å². The van der Waals surface area contributed by atoms with E-state index >= 15 is 0 Å². The highest BCUT2D eigenvalue weighted by Gasteiger charge is 2.08. The van der Waals surface area contributed by atoms with Gasteiger partial charge in [0.25, 0.3) is 0 Å². The Bertz CT molecular complexity index is 764. The number of phenolic OH excluding ortho intramolecular Hbond substituents is 1. The van der Waals surface area contributed by atoms with Crippen molar-refractivity contribution in [3.63, 3.8) is 0 Å². The maximum Gasteiger partial charge on any atom is 0.119 e. The first-order valence-corrected chi connectivity index (χ1v) is 6.62. The average molecular weight is 285 g/mol. The van der Waals surface area contributed by atoms with Crippen LogP contribution in [-0.4, -0.2) is 12.2 Å². The van der Waals surface area contributed by atoms with Gasteiger partial charge in [-0.15, -0.1) is 0 Å². The lowest BCUT2D eigenvalue weighted by atomic mass is 10.0. The molecule has 0 amide bonds. The van der Waals surface area contributed by atoms with Crippen LogP contribution in [0.5, 0.6) is 11.5 Å². The Labute approximate surface area is 122 Å². The molecule has 0 radical (unpaired) electrons. The van der Waals surface area contributed by atoms with Crippen molar-refractivity contribution < 1.29 is 9.84 Å². The second-order valence-corrected chi connectivity index (χ2v) is 4.94. The van der Waals surface area contributed by atoms with Crippen LogP contribution in [0.3, 0.4) is 0 Å². The molecular formula is C17H13ClO2. The van der Waals surface area contributed by atoms with E-state index < -0.39 is 0 Å². The Kier molecular flexibility index (Phi) is 3.25. The molecule has 3 rings (SSSR count). The van der Waals surface area contributed by atoms with E-state index in [2.05, 4.69) is 0 Å². The van der Waals surface area contributed by atoms with Crippen LogP contribution in [0, 0.1) is 0 Å². The van der Waals surface area contributed by atoms with E-state index in [4.69, 9.17) is 16.3 Å². The van der Waals surface area contributed by atoms with Gasteiger partial charge in [-0.05, 0) is 41.3 Å². The van der Waals surface area contributed by atoms with Crippen LogP contribution < -0.4 is 4.74 Å². The zero-order valence-corrected chi connectivity index (χ0v) is 11.7. The van der Waals surface area contributed by atoms with Gasteiger partial charge >= 0.3 is 0 Å². The van der Waals surface area contributed by atoms with Crippen molar-refractivity contribution >= 4 is 22.4 Å². The molecular weight excluding hydrogens is 272 g/mol. The minimum atomic E-state index is 0.246. The molecule has 0 heterocycles. The van der Waals surface area contributed by atoms with Crippen molar-refractivity contribution in [1.29, 1.82) is 0 Å². The van der Waals surface area contributed by atoms with Crippen LogP contribution in [0.4, 0.5) is 0 Å². The lowest BCUT2D eigenvalue weighted by Crippen LogP contribution is -1.85. The Morgan fingerprint density at radius 3 is 2.40 bits per heavy atom. The molecule has 1 N–H and O–H groups in total. The Morgan fingerprint density at radius 2 is 1.70 bits per heavy atom. The summed E-state index contributed by atoms with van der Waals surface area (Å²) in [5.41, 5.74) is 1.93. The number of fused-ring (bicyclic) bond motifs is 1. The fourth-order valence-electron chi connectivity index (χ4n) is 2.26. The largest absolute Gasteiger partial charge is 0.508 e. The highest BCUT2D eigenvalue weighted by Crippen LogP contribution is 2.36. The minimum absolute atomic E-state index is 0.246. The number of hydrogen-bond acceptors (Lipinski definition) is 2. The number of halogens is 1. The third kappa shape index (κ3) is 2.19. The summed E-state index contributed by atoms with van der Waals surface area (Å²) in [6.07, 6.45) is 0. The first-order valence-electron chi connectivity index (χ1n) is 6.25. The molecule has 3 aromatic carbocycles. The van der Waals surface area contributed by atoms with Crippen molar-refractivity contribution in [3.05, 3.63) is 59.6 Å². The molecule has 0 saturated carbocycles. The summed E-state index contributed by atoms with van der Waals surface area (Å²) < 4.78 is 5.22. The Balaban J connectivity index is 2.18. The molecule has 3 aromatic rings. The normalized spacial score (nSPS) is 10.7. The van der Waals surface area contributed by atoms with E-state index in [1.54, 1.807) is 19.2 Å². The molecule has 0 bridgehead atoms. The third-order valence-electron chi connectivity index (χ3n) is 3.34. The predicted molar refractivity (Wildman–Crippen MR) is 82.6 cm³/mol. The highest BCUT2D eigenvalue weighted by molar-refractivity contribution is 6.38. The first kappa shape index (κ1) is 12.8. The fraction of sp³-hybridized carbons (Fsp3) is 0.0588. The highest BCUT2D eigenvalue weighted by atomic mass is 35.5. The molecule has 0 saturated heterocycles. The number of rotatable bonds is 2. The van der Waals surface area contributed by atoms with Gasteiger partial charge in [0.15, 0.2) is 0 Å². The van der Waals surface area contributed by atoms with E-state index in [1.165, 1.54) is 0 Å². The molecule has 0 unspecified atom stereocenters. The quantitative estimate of drug-likeness (QED) is 0.727. The lowest BCUT2D eigenvalue weighted by molar-refractivity contribution is 0.415. The molecule has 3 heteroatoms. The molecule has 100 valence electrons. The molecule has 20 heavy (non-hydrogen) atoms. The van der Waals surface area contributed by atoms with Crippen LogP contribution in [-0.2, 0) is 0 Å². The van der Waals surface area contributed by atoms with Gasteiger partial charge in [0, 0.05) is 10.9 Å². The summed E-state index contributed by atoms with van der Waals surface area (Å²) in [5.74, 6) is 1.06. The Morgan fingerprint density at radius 1 is 0.950 bits per heavy atom. The average Bonchev–Trinajstić information content (AvgIpc) is 2.48. The summed E-state index contributed by atoms with van der Waals surface area (Å²) in [6.45, 7) is 0. The van der Waals surface area contributed by atoms with Gasteiger partial charge in [-0.1, -0.05) is 35.9 Å². The SMILES string of the molecule is COc1ccc2c(Cl)c(-c3ccc(O)cc3)ccc2c1. The number of benzene rings is 3. The van der Waals surface area contributed by atoms with Crippen LogP contribution >= 0.6 is 11.6 Å². The number of aromatic hydroxyl groups is 1. The molecule has 2 nitrogen and oxygen atoms in total. The van der Waals surface area contributed by atoms with Gasteiger partial charge in [0.2, 0.25) is 0 Å². The molecule has 0 aliphatic rings. The van der Waals surface area contributed by atoms with Gasteiger partial charge < -0.3 is 9.84 Å². The molecule has 0 fully saturated rings. The van der Waals surface area contributed by atoms with Crippen molar-refractivity contribution in [2.24, 2.45) is 0 Å². The summed E-state index contributed by atoms with van der Waals surface area (Å²) in [4.78, 5) is 0. The summed E-state index contributed by atoms with van der Waals surface area (Å²) >= 11 is 6.51. The fourth-order valence-corrected chi connectivity index (χ4v) is 2.61. The van der Waals surface area contributed by atoms with Gasteiger partial charge in [-0.25, -0.2) is 0 Å². The molecule has 0 aliphatic carbocycles. The smallest absolute Gasteiger partial charge is 0.119 e. The van der Waals surface area contributed by atoms with Crippen LogP contribution in [0.2, 0.25) is 5.02 Å². The zero-order valence-electron chi connectivity index (χ0n) is 10.9. The lowest BCUT2D eigenvalue weighted by Gasteiger charge is -2.09. The molecule has 0 spiro atoms. The summed E-state index contributed by atoms with van der Waals surface area (Å²) in [5, 5.41) is 12.1. The number of hydrogen-bond donors (Lipinski definition) is 1. The van der Waals surface area contributed by atoms with Crippen LogP contribution in [0.1, 0.15) is 0 Å². The van der Waals surface area contributed by atoms with Crippen molar-refractivity contribution in [3.8, 4) is 22.6 Å². The molecule has 0 aromatic heterocycles. The van der Waals surface area contributed by atoms with E-state index in [9.17, 15) is 5.11 Å². The predicted octanol–water partition coefficient (Wildman–Crippen LogP) is 4.87. The standard InChI is InChI=1S/C17H13ClO2/c1-20-14-7-9-16-12(10-14)4-8-15(17(16)18)11-2-5-13(19)6-3-11/h2-10,19H,1H3. The zero-order chi connectivity index (χ0) is 14.1. The van der Waals surface area contributed by atoms with Crippen molar-refractivity contribution in [2.75, 3.05) is 7.11 Å². The Hall–Kier alpha value is -2.19. The number of methoxy groups -OCH3 is 1. The number of phenols is 1. The minimum Gasteiger partial charge on any atom is -0.508 e. The summed E-state index contributed by atoms with van der Waals surface area (Å²) in [6, 6.07) is 16.8. The van der Waals surface area contributed by atoms with E-state index in [-0.39, 0.29) is 5.75 Å². The topological polar surface area (TPSA) is 29.5 Å². The second-order valence-electron chi connectivity index (χ2n) is 4.56. The molecule has 0 atom stereocenters. The van der Waals surface area contributed by atoms with Gasteiger partial charge in [-0.3, -0.25) is 0 Å². The van der Waals surface area contributed by atoms with Gasteiger partial charge in [0.05, 0.1) is 12.1 Å². The monoisotopic (exact) mass is 284 g/mol. The second kappa shape index (κ2) is 5.06. The van der Waals surface area contributed by atoms with Crippen LogP contribution in [0.15, 0.2) is 54.6 Å². The maximum atomic E-state index is 9.36. The first-order chi connectivity index (χ1) is 9.69. The van der Waals surface area contributed by atoms with Crippen LogP contribution in [0.25, 0.3) is 21.9 Å². The van der Waals surface area contributed by atoms with E-state index in [0.717, 1.165) is 27.6 Å².